The van der Waals surface area contributed by atoms with Crippen molar-refractivity contribution < 1.29 is 28.8 Å². The van der Waals surface area contributed by atoms with Crippen LogP contribution in [0.2, 0.25) is 0 Å². The molecule has 1 amide bonds. The number of hydrogen-bond acceptors (Lipinski definition) is 6. The zero-order chi connectivity index (χ0) is 29.0. The average Bonchev–Trinajstić information content (AvgIpc) is 3.28. The van der Waals surface area contributed by atoms with E-state index in [4.69, 9.17) is 18.9 Å². The Kier molecular flexibility index (Phi) is 12.9. The molecular weight excluding hydrogens is 506 g/mol. The molecule has 0 aromatic heterocycles. The van der Waals surface area contributed by atoms with E-state index in [0.717, 1.165) is 36.8 Å². The van der Waals surface area contributed by atoms with Crippen molar-refractivity contribution >= 4 is 6.09 Å². The summed E-state index contributed by atoms with van der Waals surface area (Å²) in [7, 11) is 1.73. The molecule has 40 heavy (non-hydrogen) atoms. The van der Waals surface area contributed by atoms with E-state index in [0.29, 0.717) is 26.1 Å². The maximum Gasteiger partial charge on any atom is 0.410 e. The molecule has 2 aromatic rings. The summed E-state index contributed by atoms with van der Waals surface area (Å²) in [6.07, 6.45) is 3.41. The number of likely N-dealkylation sites (N-methyl/N-ethyl adjacent to an activating group) is 1. The first-order chi connectivity index (χ1) is 19.2. The Morgan fingerprint density at radius 2 is 1.48 bits per heavy atom. The highest BCUT2D eigenvalue weighted by Gasteiger charge is 2.49. The first-order valence-electron chi connectivity index (χ1n) is 14.7. The molecule has 0 bridgehead atoms. The lowest BCUT2D eigenvalue weighted by atomic mass is 10.1. The van der Waals surface area contributed by atoms with Crippen LogP contribution in [0.25, 0.3) is 0 Å². The summed E-state index contributed by atoms with van der Waals surface area (Å²) in [6, 6.07) is 19.5. The number of carbonyl (C=O) groups excluding carboxylic acids is 1. The van der Waals surface area contributed by atoms with Gasteiger partial charge in [-0.3, -0.25) is 0 Å². The summed E-state index contributed by atoms with van der Waals surface area (Å²) in [5.41, 5.74) is 1.47. The highest BCUT2D eigenvalue weighted by Crippen LogP contribution is 2.34. The minimum atomic E-state index is -0.640. The van der Waals surface area contributed by atoms with Gasteiger partial charge in [0.1, 0.15) is 11.7 Å². The summed E-state index contributed by atoms with van der Waals surface area (Å²) in [4.78, 5) is 14.8. The number of benzene rings is 2. The molecular formula is C33H49NO6. The van der Waals surface area contributed by atoms with Crippen LogP contribution in [0, 0.1) is 0 Å². The van der Waals surface area contributed by atoms with Crippen LogP contribution in [0.1, 0.15) is 77.3 Å². The fourth-order valence-corrected chi connectivity index (χ4v) is 5.06. The minimum Gasteiger partial charge on any atom is -0.444 e. The van der Waals surface area contributed by atoms with Gasteiger partial charge in [0.05, 0.1) is 44.2 Å². The Hall–Kier alpha value is -2.45. The second kappa shape index (κ2) is 16.1. The van der Waals surface area contributed by atoms with Gasteiger partial charge in [-0.05, 0) is 38.3 Å². The Balaban J connectivity index is 1.80. The molecule has 0 radical (unpaired) electrons. The molecule has 1 saturated carbocycles. The normalized spacial score (nSPS) is 21.8. The van der Waals surface area contributed by atoms with E-state index in [2.05, 4.69) is 6.92 Å². The van der Waals surface area contributed by atoms with E-state index in [1.807, 2.05) is 81.4 Å². The number of aliphatic hydroxyl groups is 1. The minimum absolute atomic E-state index is 0.173. The van der Waals surface area contributed by atoms with Gasteiger partial charge in [0.2, 0.25) is 0 Å². The predicted molar refractivity (Wildman–Crippen MR) is 157 cm³/mol. The van der Waals surface area contributed by atoms with Crippen molar-refractivity contribution in [2.24, 2.45) is 0 Å². The van der Waals surface area contributed by atoms with E-state index in [1.54, 1.807) is 11.9 Å². The highest BCUT2D eigenvalue weighted by atomic mass is 16.6. The maximum absolute atomic E-state index is 13.2. The SMILES string of the molecule is CCCCCCC(O)COC1C(OCc2ccccc2)CC(OCc2ccccc2)C1N(C)C(=O)OC(C)(C)C. The number of nitrogens with zero attached hydrogens (tertiary/aromatic N) is 1. The lowest BCUT2D eigenvalue weighted by Crippen LogP contribution is -2.52. The summed E-state index contributed by atoms with van der Waals surface area (Å²) >= 11 is 0. The van der Waals surface area contributed by atoms with E-state index in [9.17, 15) is 9.90 Å². The Labute approximate surface area is 240 Å². The summed E-state index contributed by atoms with van der Waals surface area (Å²) in [6.45, 7) is 8.72. The zero-order valence-corrected chi connectivity index (χ0v) is 25.0. The van der Waals surface area contributed by atoms with Gasteiger partial charge in [-0.25, -0.2) is 4.79 Å². The number of carbonyl (C=O) groups is 1. The van der Waals surface area contributed by atoms with Crippen molar-refractivity contribution in [2.45, 2.75) is 115 Å². The molecule has 7 heteroatoms. The van der Waals surface area contributed by atoms with Crippen molar-refractivity contribution in [2.75, 3.05) is 13.7 Å². The smallest absolute Gasteiger partial charge is 0.410 e. The monoisotopic (exact) mass is 555 g/mol. The van der Waals surface area contributed by atoms with Gasteiger partial charge >= 0.3 is 6.09 Å². The van der Waals surface area contributed by atoms with Crippen LogP contribution in [0.4, 0.5) is 4.79 Å². The summed E-state index contributed by atoms with van der Waals surface area (Å²) in [5, 5.41) is 10.7. The topological polar surface area (TPSA) is 77.5 Å². The molecule has 0 aliphatic heterocycles. The molecule has 0 saturated heterocycles. The molecule has 0 spiro atoms. The zero-order valence-electron chi connectivity index (χ0n) is 25.0. The van der Waals surface area contributed by atoms with E-state index in [1.165, 1.54) is 0 Å². The standard InChI is InChI=1S/C33H49NO6/c1-6-7-8-15-20-27(35)24-39-31-29(38-23-26-18-13-10-14-19-26)21-28(37-22-25-16-11-9-12-17-25)30(31)34(5)32(36)40-33(2,3)4/h9-14,16-19,27-31,35H,6-8,15,20-24H2,1-5H3. The van der Waals surface area contributed by atoms with Gasteiger partial charge < -0.3 is 29.0 Å². The molecule has 3 rings (SSSR count). The van der Waals surface area contributed by atoms with Crippen LogP contribution in [0.15, 0.2) is 60.7 Å². The van der Waals surface area contributed by atoms with Crippen molar-refractivity contribution in [3.05, 3.63) is 71.8 Å². The van der Waals surface area contributed by atoms with Gasteiger partial charge in [0.25, 0.3) is 0 Å². The molecule has 5 atom stereocenters. The quantitative estimate of drug-likeness (QED) is 0.252. The van der Waals surface area contributed by atoms with Crippen LogP contribution in [-0.4, -0.2) is 65.8 Å². The molecule has 1 aliphatic rings. The third-order valence-electron chi connectivity index (χ3n) is 7.16. The molecule has 222 valence electrons. The Morgan fingerprint density at radius 1 is 0.900 bits per heavy atom. The first-order valence-corrected chi connectivity index (χ1v) is 14.7. The molecule has 0 heterocycles. The van der Waals surface area contributed by atoms with Crippen molar-refractivity contribution in [3.63, 3.8) is 0 Å². The van der Waals surface area contributed by atoms with Crippen LogP contribution in [-0.2, 0) is 32.2 Å². The molecule has 5 unspecified atom stereocenters. The third kappa shape index (κ3) is 10.5. The number of unbranched alkanes of at least 4 members (excludes halogenated alkanes) is 3. The van der Waals surface area contributed by atoms with E-state index < -0.39 is 29.9 Å². The third-order valence-corrected chi connectivity index (χ3v) is 7.16. The van der Waals surface area contributed by atoms with Gasteiger partial charge in [-0.2, -0.15) is 0 Å². The fraction of sp³-hybridized carbons (Fsp3) is 0.606. The number of ether oxygens (including phenoxy) is 4. The molecule has 1 fully saturated rings. The fourth-order valence-electron chi connectivity index (χ4n) is 5.06. The second-order valence-electron chi connectivity index (χ2n) is 11.8. The number of amides is 1. The van der Waals surface area contributed by atoms with Crippen LogP contribution >= 0.6 is 0 Å². The summed E-state index contributed by atoms with van der Waals surface area (Å²) in [5.74, 6) is 0. The predicted octanol–water partition coefficient (Wildman–Crippen LogP) is 6.51. The van der Waals surface area contributed by atoms with Crippen LogP contribution in [0.5, 0.6) is 0 Å². The first kappa shape index (κ1) is 32.1. The second-order valence-corrected chi connectivity index (χ2v) is 11.8. The van der Waals surface area contributed by atoms with E-state index in [-0.39, 0.29) is 18.8 Å². The number of hydrogen-bond donors (Lipinski definition) is 1. The molecule has 7 nitrogen and oxygen atoms in total. The van der Waals surface area contributed by atoms with Crippen molar-refractivity contribution in [3.8, 4) is 0 Å². The van der Waals surface area contributed by atoms with Crippen LogP contribution in [0.3, 0.4) is 0 Å². The number of rotatable bonds is 15. The van der Waals surface area contributed by atoms with Gasteiger partial charge in [-0.1, -0.05) is 93.3 Å². The largest absolute Gasteiger partial charge is 0.444 e. The average molecular weight is 556 g/mol. The lowest BCUT2D eigenvalue weighted by molar-refractivity contribution is -0.106. The highest BCUT2D eigenvalue weighted by molar-refractivity contribution is 5.68. The van der Waals surface area contributed by atoms with Gasteiger partial charge in [0.15, 0.2) is 0 Å². The van der Waals surface area contributed by atoms with E-state index >= 15 is 0 Å². The molecule has 1 aliphatic carbocycles. The maximum atomic E-state index is 13.2. The van der Waals surface area contributed by atoms with Crippen molar-refractivity contribution in [1.82, 2.24) is 4.90 Å². The van der Waals surface area contributed by atoms with Crippen molar-refractivity contribution in [1.29, 1.82) is 0 Å². The lowest BCUT2D eigenvalue weighted by Gasteiger charge is -2.35. The van der Waals surface area contributed by atoms with Gasteiger partial charge in [0, 0.05) is 13.5 Å². The molecule has 2 aromatic carbocycles. The summed E-state index contributed by atoms with van der Waals surface area (Å²) < 4.78 is 25.0. The Morgan fingerprint density at radius 3 is 2.02 bits per heavy atom. The Bertz CT molecular complexity index is 979. The number of aliphatic hydroxyl groups excluding tert-OH is 1. The molecule has 1 N–H and O–H groups in total. The van der Waals surface area contributed by atoms with Gasteiger partial charge in [-0.15, -0.1) is 0 Å². The van der Waals surface area contributed by atoms with Crippen LogP contribution < -0.4 is 0 Å².